The molecular formula is C23H22N2O2. The molecule has 2 aromatic heterocycles. The summed E-state index contributed by atoms with van der Waals surface area (Å²) in [5, 5.41) is 12.9. The lowest BCUT2D eigenvalue weighted by atomic mass is 9.94. The number of aliphatic hydroxyl groups is 1. The van der Waals surface area contributed by atoms with Gasteiger partial charge in [0.2, 0.25) is 0 Å². The van der Waals surface area contributed by atoms with Crippen molar-refractivity contribution in [3.63, 3.8) is 0 Å². The molecule has 136 valence electrons. The van der Waals surface area contributed by atoms with Gasteiger partial charge in [0.05, 0.1) is 18.2 Å². The molecule has 2 atom stereocenters. The van der Waals surface area contributed by atoms with E-state index in [1.54, 1.807) is 0 Å². The number of para-hydroxylation sites is 2. The fraction of sp³-hybridized carbons (Fsp3) is 0.261. The molecule has 4 nitrogen and oxygen atoms in total. The molecule has 0 radical (unpaired) electrons. The van der Waals surface area contributed by atoms with E-state index in [2.05, 4.69) is 34.1 Å². The third-order valence-corrected chi connectivity index (χ3v) is 5.56. The van der Waals surface area contributed by atoms with Crippen LogP contribution in [0.1, 0.15) is 11.3 Å². The number of hydrogen-bond acceptors (Lipinski definition) is 4. The van der Waals surface area contributed by atoms with Crippen molar-refractivity contribution in [2.24, 2.45) is 5.92 Å². The lowest BCUT2D eigenvalue weighted by Gasteiger charge is -2.15. The van der Waals surface area contributed by atoms with Gasteiger partial charge in [0.1, 0.15) is 11.3 Å². The Morgan fingerprint density at radius 1 is 1.04 bits per heavy atom. The minimum atomic E-state index is -0.318. The smallest absolute Gasteiger partial charge is 0.134 e. The monoisotopic (exact) mass is 358 g/mol. The minimum Gasteiger partial charge on any atom is -0.460 e. The van der Waals surface area contributed by atoms with Crippen molar-refractivity contribution < 1.29 is 9.52 Å². The molecule has 3 heterocycles. The molecule has 27 heavy (non-hydrogen) atoms. The summed E-state index contributed by atoms with van der Waals surface area (Å²) in [7, 11) is 0. The van der Waals surface area contributed by atoms with Crippen molar-refractivity contribution in [2.75, 3.05) is 13.1 Å². The first-order valence-electron chi connectivity index (χ1n) is 9.47. The van der Waals surface area contributed by atoms with Gasteiger partial charge in [0.15, 0.2) is 0 Å². The minimum absolute atomic E-state index is 0.222. The second kappa shape index (κ2) is 6.80. The highest BCUT2D eigenvalue weighted by Crippen LogP contribution is 2.27. The number of benzene rings is 2. The van der Waals surface area contributed by atoms with Gasteiger partial charge in [0.25, 0.3) is 0 Å². The molecule has 2 aromatic carbocycles. The highest BCUT2D eigenvalue weighted by atomic mass is 16.3. The molecule has 0 saturated carbocycles. The summed E-state index contributed by atoms with van der Waals surface area (Å²) < 4.78 is 5.94. The lowest BCUT2D eigenvalue weighted by Crippen LogP contribution is -2.21. The molecule has 5 rings (SSSR count). The van der Waals surface area contributed by atoms with Crippen LogP contribution in [-0.4, -0.2) is 34.2 Å². The fourth-order valence-electron chi connectivity index (χ4n) is 4.22. The first kappa shape index (κ1) is 16.5. The Morgan fingerprint density at radius 2 is 1.89 bits per heavy atom. The highest BCUT2D eigenvalue weighted by Gasteiger charge is 2.32. The predicted molar refractivity (Wildman–Crippen MR) is 106 cm³/mol. The zero-order chi connectivity index (χ0) is 18.2. The van der Waals surface area contributed by atoms with Gasteiger partial charge in [0, 0.05) is 36.0 Å². The number of rotatable bonds is 4. The molecule has 1 saturated heterocycles. The largest absolute Gasteiger partial charge is 0.460 e. The van der Waals surface area contributed by atoms with Gasteiger partial charge in [-0.25, -0.2) is 0 Å². The van der Waals surface area contributed by atoms with Gasteiger partial charge < -0.3 is 9.52 Å². The van der Waals surface area contributed by atoms with Crippen molar-refractivity contribution in [3.05, 3.63) is 78.2 Å². The van der Waals surface area contributed by atoms with E-state index < -0.39 is 0 Å². The van der Waals surface area contributed by atoms with E-state index in [-0.39, 0.29) is 12.0 Å². The summed E-state index contributed by atoms with van der Waals surface area (Å²) in [6, 6.07) is 20.5. The third kappa shape index (κ3) is 3.22. The zero-order valence-corrected chi connectivity index (χ0v) is 15.1. The van der Waals surface area contributed by atoms with Gasteiger partial charge in [-0.1, -0.05) is 36.4 Å². The van der Waals surface area contributed by atoms with Gasteiger partial charge >= 0.3 is 0 Å². The van der Waals surface area contributed by atoms with Crippen LogP contribution in [0.25, 0.3) is 21.9 Å². The number of aliphatic hydroxyl groups excluding tert-OH is 1. The molecule has 0 unspecified atom stereocenters. The number of pyridine rings is 1. The summed E-state index contributed by atoms with van der Waals surface area (Å²) in [6.07, 6.45) is 2.41. The topological polar surface area (TPSA) is 49.5 Å². The summed E-state index contributed by atoms with van der Waals surface area (Å²) in [5.74, 6) is 1.18. The van der Waals surface area contributed by atoms with Crippen LogP contribution in [0.2, 0.25) is 0 Å². The molecule has 0 bridgehead atoms. The van der Waals surface area contributed by atoms with E-state index in [0.29, 0.717) is 6.54 Å². The Hall–Kier alpha value is -2.69. The summed E-state index contributed by atoms with van der Waals surface area (Å²) in [6.45, 7) is 2.29. The molecule has 1 N–H and O–H groups in total. The summed E-state index contributed by atoms with van der Waals surface area (Å²) in [5.41, 5.74) is 3.20. The summed E-state index contributed by atoms with van der Waals surface area (Å²) >= 11 is 0. The number of fused-ring (bicyclic) bond motifs is 2. The Labute approximate surface area is 158 Å². The molecule has 0 spiro atoms. The van der Waals surface area contributed by atoms with Crippen molar-refractivity contribution in [1.29, 1.82) is 0 Å². The molecule has 0 aliphatic carbocycles. The molecule has 1 fully saturated rings. The van der Waals surface area contributed by atoms with Crippen LogP contribution in [-0.2, 0) is 13.0 Å². The van der Waals surface area contributed by atoms with Crippen LogP contribution in [0, 0.1) is 5.92 Å². The first-order valence-corrected chi connectivity index (χ1v) is 9.47. The summed E-state index contributed by atoms with van der Waals surface area (Å²) in [4.78, 5) is 6.73. The lowest BCUT2D eigenvalue weighted by molar-refractivity contribution is 0.140. The van der Waals surface area contributed by atoms with Gasteiger partial charge in [-0.05, 0) is 36.2 Å². The second-order valence-corrected chi connectivity index (χ2v) is 7.46. The van der Waals surface area contributed by atoms with Crippen molar-refractivity contribution >= 4 is 21.9 Å². The molecule has 0 amide bonds. The van der Waals surface area contributed by atoms with E-state index in [0.717, 1.165) is 41.8 Å². The van der Waals surface area contributed by atoms with E-state index in [1.165, 1.54) is 10.9 Å². The van der Waals surface area contributed by atoms with Crippen molar-refractivity contribution in [1.82, 2.24) is 9.88 Å². The van der Waals surface area contributed by atoms with Crippen LogP contribution in [0.3, 0.4) is 0 Å². The third-order valence-electron chi connectivity index (χ3n) is 5.56. The predicted octanol–water partition coefficient (Wildman–Crippen LogP) is 4.02. The Balaban J connectivity index is 1.32. The molecular weight excluding hydrogens is 336 g/mol. The maximum absolute atomic E-state index is 10.6. The quantitative estimate of drug-likeness (QED) is 0.599. The van der Waals surface area contributed by atoms with Crippen molar-refractivity contribution in [2.45, 2.75) is 19.1 Å². The first-order chi connectivity index (χ1) is 13.3. The van der Waals surface area contributed by atoms with E-state index >= 15 is 0 Å². The van der Waals surface area contributed by atoms with Crippen LogP contribution in [0.15, 0.2) is 71.3 Å². The van der Waals surface area contributed by atoms with Crippen LogP contribution < -0.4 is 0 Å². The Bertz CT molecular complexity index is 1050. The average molecular weight is 358 g/mol. The van der Waals surface area contributed by atoms with Gasteiger partial charge in [-0.15, -0.1) is 0 Å². The number of likely N-dealkylation sites (tertiary alicyclic amines) is 1. The highest BCUT2D eigenvalue weighted by molar-refractivity contribution is 5.81. The van der Waals surface area contributed by atoms with E-state index in [1.807, 2.05) is 42.6 Å². The second-order valence-electron chi connectivity index (χ2n) is 7.46. The SMILES string of the molecule is O[C@H]1CN(Cc2cc3ccccc3o2)C[C@H]1Cc1ccnc2ccccc12. The van der Waals surface area contributed by atoms with Gasteiger partial charge in [-0.2, -0.15) is 0 Å². The number of furan rings is 1. The maximum Gasteiger partial charge on any atom is 0.134 e. The number of aromatic nitrogens is 1. The molecule has 4 aromatic rings. The fourth-order valence-corrected chi connectivity index (χ4v) is 4.22. The standard InChI is InChI=1S/C23H22N2O2/c26-22-15-25(14-19-12-17-5-1-4-8-23(17)27-19)13-18(22)11-16-9-10-24-21-7-3-2-6-20(16)21/h1-10,12,18,22,26H,11,13-15H2/t18-,22+/m1/s1. The number of β-amino-alcohol motifs (C(OH)–C–C–N with tert-alkyl or cyclic N) is 1. The maximum atomic E-state index is 10.6. The van der Waals surface area contributed by atoms with Crippen LogP contribution >= 0.6 is 0 Å². The normalized spacial score (nSPS) is 20.6. The Morgan fingerprint density at radius 3 is 2.81 bits per heavy atom. The van der Waals surface area contributed by atoms with Crippen LogP contribution in [0.4, 0.5) is 0 Å². The number of hydrogen-bond donors (Lipinski definition) is 1. The molecule has 1 aliphatic heterocycles. The van der Waals surface area contributed by atoms with Crippen LogP contribution in [0.5, 0.6) is 0 Å². The zero-order valence-electron chi connectivity index (χ0n) is 15.1. The van der Waals surface area contributed by atoms with Crippen molar-refractivity contribution in [3.8, 4) is 0 Å². The molecule has 4 heteroatoms. The van der Waals surface area contributed by atoms with E-state index in [4.69, 9.17) is 4.42 Å². The average Bonchev–Trinajstić information content (AvgIpc) is 3.24. The van der Waals surface area contributed by atoms with Gasteiger partial charge in [-0.3, -0.25) is 9.88 Å². The van der Waals surface area contributed by atoms with E-state index in [9.17, 15) is 5.11 Å². The number of nitrogens with zero attached hydrogens (tertiary/aromatic N) is 2. The molecule has 1 aliphatic rings. The Kier molecular flexibility index (Phi) is 4.15.